The minimum Gasteiger partial charge on any atom is -0.508 e. The van der Waals surface area contributed by atoms with E-state index in [1.54, 1.807) is 22.8 Å². The van der Waals surface area contributed by atoms with Crippen molar-refractivity contribution < 1.29 is 9.90 Å². The number of phenolic OH excluding ortho intramolecular Hbond substituents is 1. The van der Waals surface area contributed by atoms with Crippen LogP contribution < -0.4 is 0 Å². The Balaban J connectivity index is 2.07. The summed E-state index contributed by atoms with van der Waals surface area (Å²) in [6.45, 7) is 1.52. The molecule has 0 aliphatic heterocycles. The van der Waals surface area contributed by atoms with Gasteiger partial charge >= 0.3 is 0 Å². The molecule has 4 heteroatoms. The Labute approximate surface area is 157 Å². The van der Waals surface area contributed by atoms with Gasteiger partial charge < -0.3 is 5.11 Å². The van der Waals surface area contributed by atoms with Gasteiger partial charge in [0, 0.05) is 23.6 Å². The highest BCUT2D eigenvalue weighted by molar-refractivity contribution is 5.93. The summed E-state index contributed by atoms with van der Waals surface area (Å²) in [4.78, 5) is 17.4. The molecule has 1 N–H and O–H groups in total. The Morgan fingerprint density at radius 2 is 1.41 bits per heavy atom. The molecule has 1 heterocycles. The molecule has 0 bridgehead atoms. The third kappa shape index (κ3) is 3.13. The molecule has 0 unspecified atom stereocenters. The average molecular weight is 354 g/mol. The zero-order valence-electron chi connectivity index (χ0n) is 14.8. The molecule has 27 heavy (non-hydrogen) atoms. The van der Waals surface area contributed by atoms with E-state index in [4.69, 9.17) is 4.98 Å². The first-order valence-electron chi connectivity index (χ1n) is 8.69. The Bertz CT molecular complexity index is 1100. The predicted molar refractivity (Wildman–Crippen MR) is 107 cm³/mol. The van der Waals surface area contributed by atoms with E-state index >= 15 is 0 Å². The van der Waals surface area contributed by atoms with Crippen LogP contribution >= 0.6 is 0 Å². The SMILES string of the molecule is CC(=O)n1c(-c2cccc(O)c2)nc(-c2ccccc2)c1-c1ccccc1. The van der Waals surface area contributed by atoms with Gasteiger partial charge in [0.15, 0.2) is 0 Å². The molecule has 132 valence electrons. The van der Waals surface area contributed by atoms with Crippen molar-refractivity contribution in [3.05, 3.63) is 84.9 Å². The molecule has 0 aliphatic rings. The lowest BCUT2D eigenvalue weighted by Gasteiger charge is -2.10. The van der Waals surface area contributed by atoms with Crippen molar-refractivity contribution in [1.82, 2.24) is 9.55 Å². The van der Waals surface area contributed by atoms with Crippen molar-refractivity contribution >= 4 is 5.91 Å². The monoisotopic (exact) mass is 354 g/mol. The molecule has 0 fully saturated rings. The van der Waals surface area contributed by atoms with Gasteiger partial charge in [0.1, 0.15) is 11.6 Å². The fraction of sp³-hybridized carbons (Fsp3) is 0.0435. The molecule has 4 aromatic rings. The largest absolute Gasteiger partial charge is 0.508 e. The summed E-state index contributed by atoms with van der Waals surface area (Å²) < 4.78 is 1.62. The molecule has 0 amide bonds. The maximum Gasteiger partial charge on any atom is 0.229 e. The zero-order chi connectivity index (χ0) is 18.8. The number of phenols is 1. The molecular formula is C23H18N2O2. The van der Waals surface area contributed by atoms with Gasteiger partial charge in [-0.2, -0.15) is 0 Å². The first-order chi connectivity index (χ1) is 13.1. The summed E-state index contributed by atoms with van der Waals surface area (Å²) in [6, 6.07) is 26.4. The number of hydrogen-bond acceptors (Lipinski definition) is 3. The van der Waals surface area contributed by atoms with Crippen LogP contribution in [0.5, 0.6) is 5.75 Å². The molecule has 4 nitrogen and oxygen atoms in total. The van der Waals surface area contributed by atoms with Gasteiger partial charge in [-0.25, -0.2) is 4.98 Å². The summed E-state index contributed by atoms with van der Waals surface area (Å²) in [5.74, 6) is 0.506. The van der Waals surface area contributed by atoms with Gasteiger partial charge in [-0.3, -0.25) is 9.36 Å². The minimum atomic E-state index is -0.137. The molecule has 4 rings (SSSR count). The predicted octanol–water partition coefficient (Wildman–Crippen LogP) is 5.25. The highest BCUT2D eigenvalue weighted by Crippen LogP contribution is 2.36. The minimum absolute atomic E-state index is 0.133. The molecule has 0 saturated heterocycles. The quantitative estimate of drug-likeness (QED) is 0.547. The number of benzene rings is 3. The van der Waals surface area contributed by atoms with Crippen molar-refractivity contribution in [3.63, 3.8) is 0 Å². The maximum absolute atomic E-state index is 12.6. The highest BCUT2D eigenvalue weighted by atomic mass is 16.3. The van der Waals surface area contributed by atoms with Crippen molar-refractivity contribution in [1.29, 1.82) is 0 Å². The van der Waals surface area contributed by atoms with Gasteiger partial charge in [-0.05, 0) is 12.1 Å². The van der Waals surface area contributed by atoms with E-state index in [1.807, 2.05) is 66.7 Å². The van der Waals surface area contributed by atoms with Crippen LogP contribution in [-0.4, -0.2) is 20.6 Å². The Kier molecular flexibility index (Phi) is 4.30. The van der Waals surface area contributed by atoms with Crippen LogP contribution in [0.25, 0.3) is 33.9 Å². The van der Waals surface area contributed by atoms with E-state index in [-0.39, 0.29) is 11.7 Å². The summed E-state index contributed by atoms with van der Waals surface area (Å²) in [6.07, 6.45) is 0. The van der Waals surface area contributed by atoms with E-state index in [2.05, 4.69) is 0 Å². The van der Waals surface area contributed by atoms with Crippen LogP contribution in [0.1, 0.15) is 11.7 Å². The van der Waals surface area contributed by atoms with Crippen molar-refractivity contribution in [2.75, 3.05) is 0 Å². The van der Waals surface area contributed by atoms with E-state index in [1.165, 1.54) is 6.92 Å². The van der Waals surface area contributed by atoms with Crippen LogP contribution in [0, 0.1) is 0 Å². The summed E-state index contributed by atoms with van der Waals surface area (Å²) in [7, 11) is 0. The third-order valence-corrected chi connectivity index (χ3v) is 4.39. The number of aromatic nitrogens is 2. The van der Waals surface area contributed by atoms with E-state index < -0.39 is 0 Å². The Hall–Kier alpha value is -3.66. The lowest BCUT2D eigenvalue weighted by Crippen LogP contribution is -2.09. The third-order valence-electron chi connectivity index (χ3n) is 4.39. The molecule has 0 atom stereocenters. The van der Waals surface area contributed by atoms with Crippen LogP contribution in [0.2, 0.25) is 0 Å². The Morgan fingerprint density at radius 3 is 2.00 bits per heavy atom. The number of nitrogens with zero attached hydrogens (tertiary/aromatic N) is 2. The van der Waals surface area contributed by atoms with E-state index in [0.29, 0.717) is 11.4 Å². The number of carbonyl (C=O) groups is 1. The zero-order valence-corrected chi connectivity index (χ0v) is 14.8. The molecular weight excluding hydrogens is 336 g/mol. The normalized spacial score (nSPS) is 10.7. The van der Waals surface area contributed by atoms with Gasteiger partial charge in [-0.15, -0.1) is 0 Å². The molecule has 0 spiro atoms. The number of imidazole rings is 1. The second-order valence-electron chi connectivity index (χ2n) is 6.27. The van der Waals surface area contributed by atoms with E-state index in [0.717, 1.165) is 22.5 Å². The van der Waals surface area contributed by atoms with Crippen LogP contribution in [0.3, 0.4) is 0 Å². The summed E-state index contributed by atoms with van der Waals surface area (Å²) >= 11 is 0. The van der Waals surface area contributed by atoms with E-state index in [9.17, 15) is 9.90 Å². The maximum atomic E-state index is 12.6. The first kappa shape index (κ1) is 16.8. The van der Waals surface area contributed by atoms with Gasteiger partial charge in [0.05, 0.1) is 11.4 Å². The molecule has 3 aromatic carbocycles. The first-order valence-corrected chi connectivity index (χ1v) is 8.69. The van der Waals surface area contributed by atoms with Crippen LogP contribution in [0.15, 0.2) is 84.9 Å². The average Bonchev–Trinajstić information content (AvgIpc) is 3.10. The fourth-order valence-corrected chi connectivity index (χ4v) is 3.23. The topological polar surface area (TPSA) is 55.1 Å². The van der Waals surface area contributed by atoms with Gasteiger partial charge in [0.25, 0.3) is 0 Å². The number of carbonyl (C=O) groups excluding carboxylic acids is 1. The summed E-state index contributed by atoms with van der Waals surface area (Å²) in [5.41, 5.74) is 4.00. The van der Waals surface area contributed by atoms with Crippen molar-refractivity contribution in [2.24, 2.45) is 0 Å². The summed E-state index contributed by atoms with van der Waals surface area (Å²) in [5, 5.41) is 9.89. The molecule has 0 radical (unpaired) electrons. The lowest BCUT2D eigenvalue weighted by molar-refractivity contribution is 0.0940. The molecule has 0 aliphatic carbocycles. The van der Waals surface area contributed by atoms with Gasteiger partial charge in [-0.1, -0.05) is 72.8 Å². The van der Waals surface area contributed by atoms with Crippen LogP contribution in [-0.2, 0) is 0 Å². The lowest BCUT2D eigenvalue weighted by atomic mass is 10.0. The number of aromatic hydroxyl groups is 1. The highest BCUT2D eigenvalue weighted by Gasteiger charge is 2.23. The standard InChI is InChI=1S/C23H18N2O2/c1-16(26)25-22(18-11-6-3-7-12-18)21(17-9-4-2-5-10-17)24-23(25)19-13-8-14-20(27)15-19/h2-15,27H,1H3. The molecule has 0 saturated carbocycles. The van der Waals surface area contributed by atoms with Crippen LogP contribution in [0.4, 0.5) is 0 Å². The second kappa shape index (κ2) is 6.92. The number of rotatable bonds is 3. The van der Waals surface area contributed by atoms with Gasteiger partial charge in [0.2, 0.25) is 5.91 Å². The number of hydrogen-bond donors (Lipinski definition) is 1. The fourth-order valence-electron chi connectivity index (χ4n) is 3.23. The van der Waals surface area contributed by atoms with Crippen molar-refractivity contribution in [3.8, 4) is 39.7 Å². The second-order valence-corrected chi connectivity index (χ2v) is 6.27. The Morgan fingerprint density at radius 1 is 0.815 bits per heavy atom. The van der Waals surface area contributed by atoms with Crippen molar-refractivity contribution in [2.45, 2.75) is 6.92 Å². The molecule has 1 aromatic heterocycles. The smallest absolute Gasteiger partial charge is 0.229 e.